The summed E-state index contributed by atoms with van der Waals surface area (Å²) in [6.07, 6.45) is 2.61. The predicted molar refractivity (Wildman–Crippen MR) is 79.3 cm³/mol. The molecule has 4 nitrogen and oxygen atoms in total. The summed E-state index contributed by atoms with van der Waals surface area (Å²) in [4.78, 5) is 4.57. The molecule has 1 aliphatic rings. The first-order chi connectivity index (χ1) is 9.83. The third-order valence-electron chi connectivity index (χ3n) is 3.15. The molecule has 20 heavy (non-hydrogen) atoms. The summed E-state index contributed by atoms with van der Waals surface area (Å²) in [5.74, 6) is 1.60. The Morgan fingerprint density at radius 3 is 3.00 bits per heavy atom. The lowest BCUT2D eigenvalue weighted by Crippen LogP contribution is -2.15. The first kappa shape index (κ1) is 13.4. The zero-order valence-corrected chi connectivity index (χ0v) is 12.3. The number of hydrogen-bond acceptors (Lipinski definition) is 5. The van der Waals surface area contributed by atoms with E-state index < -0.39 is 0 Å². The van der Waals surface area contributed by atoms with Crippen molar-refractivity contribution in [2.24, 2.45) is 0 Å². The smallest absolute Gasteiger partial charge is 0.131 e. The van der Waals surface area contributed by atoms with E-state index in [0.717, 1.165) is 34.8 Å². The minimum absolute atomic E-state index is 0.493. The molecule has 0 spiro atoms. The van der Waals surface area contributed by atoms with Gasteiger partial charge in [0.15, 0.2) is 0 Å². The van der Waals surface area contributed by atoms with Gasteiger partial charge in [-0.15, -0.1) is 11.3 Å². The average Bonchev–Trinajstić information content (AvgIpc) is 3.21. The number of aromatic nitrogens is 1. The molecular weight excluding hydrogens is 272 g/mol. The molecule has 0 amide bonds. The molecule has 0 atom stereocenters. The van der Waals surface area contributed by atoms with Crippen LogP contribution in [0.25, 0.3) is 0 Å². The minimum atomic E-state index is 0.493. The molecule has 1 aliphatic carbocycles. The van der Waals surface area contributed by atoms with E-state index in [-0.39, 0.29) is 0 Å². The number of benzene rings is 1. The molecule has 1 saturated carbocycles. The van der Waals surface area contributed by atoms with Gasteiger partial charge in [0.25, 0.3) is 0 Å². The highest BCUT2D eigenvalue weighted by atomic mass is 32.1. The molecule has 1 N–H and O–H groups in total. The first-order valence-corrected chi connectivity index (χ1v) is 7.65. The maximum atomic E-state index is 5.73. The zero-order chi connectivity index (χ0) is 13.8. The summed E-state index contributed by atoms with van der Waals surface area (Å²) in [6, 6.07) is 8.33. The molecule has 5 heteroatoms. The van der Waals surface area contributed by atoms with E-state index in [1.807, 2.05) is 24.3 Å². The van der Waals surface area contributed by atoms with Crippen LogP contribution in [0.4, 0.5) is 0 Å². The third-order valence-corrected chi connectivity index (χ3v) is 4.04. The molecular formula is C15H18N2O2S. The number of nitrogens with zero attached hydrogens (tertiary/aromatic N) is 1. The molecule has 0 saturated heterocycles. The predicted octanol–water partition coefficient (Wildman–Crippen LogP) is 2.98. The van der Waals surface area contributed by atoms with E-state index in [4.69, 9.17) is 9.47 Å². The van der Waals surface area contributed by atoms with Crippen molar-refractivity contribution in [3.05, 3.63) is 40.3 Å². The van der Waals surface area contributed by atoms with Crippen LogP contribution in [-0.4, -0.2) is 18.1 Å². The SMILES string of the molecule is COc1cccc(OCc2csc(CNC3CC3)n2)c1. The average molecular weight is 290 g/mol. The van der Waals surface area contributed by atoms with Gasteiger partial charge in [0.1, 0.15) is 23.1 Å². The minimum Gasteiger partial charge on any atom is -0.497 e. The lowest BCUT2D eigenvalue weighted by atomic mass is 10.3. The summed E-state index contributed by atoms with van der Waals surface area (Å²) in [5.41, 5.74) is 0.977. The summed E-state index contributed by atoms with van der Waals surface area (Å²) >= 11 is 1.68. The van der Waals surface area contributed by atoms with Gasteiger partial charge in [0.05, 0.1) is 12.8 Å². The normalized spacial score (nSPS) is 14.2. The molecule has 0 radical (unpaired) electrons. The van der Waals surface area contributed by atoms with E-state index in [1.165, 1.54) is 12.8 Å². The molecule has 0 aliphatic heterocycles. The fraction of sp³-hybridized carbons (Fsp3) is 0.400. The molecule has 1 aromatic heterocycles. The molecule has 1 heterocycles. The van der Waals surface area contributed by atoms with Gasteiger partial charge in [0, 0.05) is 24.0 Å². The van der Waals surface area contributed by atoms with E-state index in [0.29, 0.717) is 6.61 Å². The van der Waals surface area contributed by atoms with Crippen molar-refractivity contribution in [3.8, 4) is 11.5 Å². The third kappa shape index (κ3) is 3.71. The van der Waals surface area contributed by atoms with Gasteiger partial charge in [-0.25, -0.2) is 4.98 Å². The standard InChI is InChI=1S/C15H18N2O2S/c1-18-13-3-2-4-14(7-13)19-9-12-10-20-15(17-12)8-16-11-5-6-11/h2-4,7,10-11,16H,5-6,8-9H2,1H3. The van der Waals surface area contributed by atoms with Crippen LogP contribution in [0.3, 0.4) is 0 Å². The summed E-state index contributed by atoms with van der Waals surface area (Å²) in [6.45, 7) is 1.36. The lowest BCUT2D eigenvalue weighted by molar-refractivity contribution is 0.299. The van der Waals surface area contributed by atoms with Crippen LogP contribution >= 0.6 is 11.3 Å². The van der Waals surface area contributed by atoms with Crippen molar-refractivity contribution in [3.63, 3.8) is 0 Å². The fourth-order valence-corrected chi connectivity index (χ4v) is 2.59. The number of methoxy groups -OCH3 is 1. The van der Waals surface area contributed by atoms with E-state index in [9.17, 15) is 0 Å². The zero-order valence-electron chi connectivity index (χ0n) is 11.5. The Labute approximate surface area is 122 Å². The van der Waals surface area contributed by atoms with Crippen LogP contribution < -0.4 is 14.8 Å². The first-order valence-electron chi connectivity index (χ1n) is 6.77. The monoisotopic (exact) mass is 290 g/mol. The van der Waals surface area contributed by atoms with Crippen molar-refractivity contribution in [2.45, 2.75) is 32.0 Å². The van der Waals surface area contributed by atoms with Crippen LogP contribution in [0.1, 0.15) is 23.5 Å². The van der Waals surface area contributed by atoms with Crippen LogP contribution in [-0.2, 0) is 13.2 Å². The Morgan fingerprint density at radius 1 is 1.35 bits per heavy atom. The van der Waals surface area contributed by atoms with Gasteiger partial charge in [-0.3, -0.25) is 0 Å². The van der Waals surface area contributed by atoms with Crippen LogP contribution in [0, 0.1) is 0 Å². The van der Waals surface area contributed by atoms with Gasteiger partial charge in [-0.1, -0.05) is 6.07 Å². The van der Waals surface area contributed by atoms with Crippen molar-refractivity contribution in [1.82, 2.24) is 10.3 Å². The van der Waals surface area contributed by atoms with Gasteiger partial charge in [-0.05, 0) is 25.0 Å². The van der Waals surface area contributed by atoms with Crippen LogP contribution in [0.2, 0.25) is 0 Å². The second kappa shape index (κ2) is 6.24. The second-order valence-corrected chi connectivity index (χ2v) is 5.80. The van der Waals surface area contributed by atoms with Gasteiger partial charge in [-0.2, -0.15) is 0 Å². The van der Waals surface area contributed by atoms with Crippen LogP contribution in [0.5, 0.6) is 11.5 Å². The Morgan fingerprint density at radius 2 is 2.20 bits per heavy atom. The molecule has 3 rings (SSSR count). The lowest BCUT2D eigenvalue weighted by Gasteiger charge is -2.06. The van der Waals surface area contributed by atoms with Gasteiger partial charge >= 0.3 is 0 Å². The second-order valence-electron chi connectivity index (χ2n) is 4.86. The molecule has 0 unspecified atom stereocenters. The molecule has 2 aromatic rings. The number of rotatable bonds is 7. The molecule has 106 valence electrons. The van der Waals surface area contributed by atoms with Gasteiger partial charge in [0.2, 0.25) is 0 Å². The van der Waals surface area contributed by atoms with Crippen molar-refractivity contribution in [2.75, 3.05) is 7.11 Å². The number of thiazole rings is 1. The summed E-state index contributed by atoms with van der Waals surface area (Å²) < 4.78 is 10.9. The quantitative estimate of drug-likeness (QED) is 0.851. The summed E-state index contributed by atoms with van der Waals surface area (Å²) in [7, 11) is 1.65. The molecule has 1 fully saturated rings. The number of hydrogen-bond donors (Lipinski definition) is 1. The molecule has 0 bridgehead atoms. The molecule has 1 aromatic carbocycles. The Kier molecular flexibility index (Phi) is 4.18. The van der Waals surface area contributed by atoms with Crippen molar-refractivity contribution >= 4 is 11.3 Å². The Balaban J connectivity index is 1.51. The van der Waals surface area contributed by atoms with E-state index in [2.05, 4.69) is 15.7 Å². The Bertz CT molecular complexity index is 567. The van der Waals surface area contributed by atoms with Crippen molar-refractivity contribution in [1.29, 1.82) is 0 Å². The fourth-order valence-electron chi connectivity index (χ4n) is 1.86. The maximum absolute atomic E-state index is 5.73. The number of nitrogens with one attached hydrogen (secondary N) is 1. The van der Waals surface area contributed by atoms with E-state index in [1.54, 1.807) is 18.4 Å². The van der Waals surface area contributed by atoms with E-state index >= 15 is 0 Å². The largest absolute Gasteiger partial charge is 0.497 e. The number of ether oxygens (including phenoxy) is 2. The van der Waals surface area contributed by atoms with Crippen LogP contribution in [0.15, 0.2) is 29.6 Å². The maximum Gasteiger partial charge on any atom is 0.131 e. The highest BCUT2D eigenvalue weighted by Crippen LogP contribution is 2.21. The Hall–Kier alpha value is -1.59. The highest BCUT2D eigenvalue weighted by molar-refractivity contribution is 7.09. The van der Waals surface area contributed by atoms with Gasteiger partial charge < -0.3 is 14.8 Å². The topological polar surface area (TPSA) is 43.4 Å². The highest BCUT2D eigenvalue weighted by Gasteiger charge is 2.20. The van der Waals surface area contributed by atoms with Crippen molar-refractivity contribution < 1.29 is 9.47 Å². The summed E-state index contributed by atoms with van der Waals surface area (Å²) in [5, 5.41) is 6.65.